The second kappa shape index (κ2) is 6.88. The van der Waals surface area contributed by atoms with Gasteiger partial charge in [0.25, 0.3) is 0 Å². The molecule has 0 saturated carbocycles. The lowest BCUT2D eigenvalue weighted by atomic mass is 9.97. The third-order valence-electron chi connectivity index (χ3n) is 3.65. The van der Waals surface area contributed by atoms with Crippen molar-refractivity contribution >= 4 is 11.8 Å². The number of hydrazone groups is 1. The van der Waals surface area contributed by atoms with E-state index >= 15 is 0 Å². The van der Waals surface area contributed by atoms with Gasteiger partial charge in [0.2, 0.25) is 0 Å². The molecule has 3 rings (SSSR count). The first-order valence-electron chi connectivity index (χ1n) is 7.40. The Morgan fingerprint density at radius 3 is 2.68 bits per heavy atom. The zero-order chi connectivity index (χ0) is 17.9. The van der Waals surface area contributed by atoms with E-state index in [9.17, 15) is 18.0 Å². The van der Waals surface area contributed by atoms with Crippen molar-refractivity contribution in [2.75, 3.05) is 6.61 Å². The van der Waals surface area contributed by atoms with Crippen LogP contribution in [0.1, 0.15) is 22.4 Å². The van der Waals surface area contributed by atoms with Gasteiger partial charge >= 0.3 is 12.3 Å². The number of nitrogens with one attached hydrogen (secondary N) is 1. The highest BCUT2D eigenvalue weighted by Crippen LogP contribution is 2.33. The van der Waals surface area contributed by atoms with Crippen molar-refractivity contribution in [3.63, 3.8) is 0 Å². The van der Waals surface area contributed by atoms with Gasteiger partial charge in [0.05, 0.1) is 11.3 Å². The number of carbonyl (C=O) groups excluding carboxylic acids is 1. The van der Waals surface area contributed by atoms with Gasteiger partial charge in [0.15, 0.2) is 0 Å². The summed E-state index contributed by atoms with van der Waals surface area (Å²) in [5.74, 6) is 0. The SMILES string of the molecule is O=C1NN=C(c2ccc(CCc3cccnn3)c(C(F)(F)F)c2)CO1. The van der Waals surface area contributed by atoms with Crippen LogP contribution in [0.5, 0.6) is 0 Å². The van der Waals surface area contributed by atoms with Crippen molar-refractivity contribution in [1.82, 2.24) is 15.6 Å². The molecule has 2 aromatic rings. The maximum Gasteiger partial charge on any atom is 0.428 e. The Hall–Kier alpha value is -2.97. The number of rotatable bonds is 4. The number of halogens is 3. The largest absolute Gasteiger partial charge is 0.442 e. The lowest BCUT2D eigenvalue weighted by molar-refractivity contribution is -0.138. The predicted octanol–water partition coefficient (Wildman–Crippen LogP) is 2.72. The van der Waals surface area contributed by atoms with Gasteiger partial charge in [-0.25, -0.2) is 10.2 Å². The molecule has 1 aromatic carbocycles. The Morgan fingerprint density at radius 1 is 1.20 bits per heavy atom. The van der Waals surface area contributed by atoms with Gasteiger partial charge in [-0.1, -0.05) is 12.1 Å². The van der Waals surface area contributed by atoms with E-state index in [1.165, 1.54) is 18.3 Å². The third kappa shape index (κ3) is 4.11. The fraction of sp³-hybridized carbons (Fsp3) is 0.250. The minimum absolute atomic E-state index is 0.156. The molecule has 0 saturated heterocycles. The second-order valence-corrected chi connectivity index (χ2v) is 5.33. The zero-order valence-electron chi connectivity index (χ0n) is 12.9. The van der Waals surface area contributed by atoms with Crippen molar-refractivity contribution in [2.45, 2.75) is 19.0 Å². The summed E-state index contributed by atoms with van der Waals surface area (Å²) in [6.45, 7) is -0.178. The minimum atomic E-state index is -4.51. The lowest BCUT2D eigenvalue weighted by Gasteiger charge is -2.17. The predicted molar refractivity (Wildman–Crippen MR) is 81.9 cm³/mol. The normalized spacial score (nSPS) is 14.5. The topological polar surface area (TPSA) is 76.5 Å². The highest BCUT2D eigenvalue weighted by atomic mass is 19.4. The first-order chi connectivity index (χ1) is 11.9. The molecule has 6 nitrogen and oxygen atoms in total. The summed E-state index contributed by atoms with van der Waals surface area (Å²) in [4.78, 5) is 10.9. The maximum absolute atomic E-state index is 13.4. The van der Waals surface area contributed by atoms with Crippen molar-refractivity contribution in [2.24, 2.45) is 5.10 Å². The van der Waals surface area contributed by atoms with E-state index in [1.807, 2.05) is 0 Å². The molecule has 130 valence electrons. The molecule has 9 heteroatoms. The molecule has 1 aromatic heterocycles. The molecule has 0 radical (unpaired) electrons. The van der Waals surface area contributed by atoms with E-state index in [0.717, 1.165) is 6.07 Å². The fourth-order valence-corrected chi connectivity index (χ4v) is 2.43. The van der Waals surface area contributed by atoms with Gasteiger partial charge in [-0.3, -0.25) is 0 Å². The molecule has 25 heavy (non-hydrogen) atoms. The molecule has 0 atom stereocenters. The summed E-state index contributed by atoms with van der Waals surface area (Å²) in [5.41, 5.74) is 2.59. The highest BCUT2D eigenvalue weighted by molar-refractivity contribution is 6.03. The van der Waals surface area contributed by atoms with Gasteiger partial charge in [-0.05, 0) is 36.6 Å². The number of aromatic nitrogens is 2. The molecule has 2 heterocycles. The molecule has 0 bridgehead atoms. The van der Waals surface area contributed by atoms with Crippen LogP contribution in [-0.2, 0) is 23.8 Å². The average molecular weight is 350 g/mol. The van der Waals surface area contributed by atoms with E-state index in [2.05, 4.69) is 20.7 Å². The number of alkyl halides is 3. The van der Waals surface area contributed by atoms with Crippen LogP contribution < -0.4 is 5.43 Å². The summed E-state index contributed by atoms with van der Waals surface area (Å²) < 4.78 is 45.0. The zero-order valence-corrected chi connectivity index (χ0v) is 12.9. The molecule has 1 N–H and O–H groups in total. The van der Waals surface area contributed by atoms with Gasteiger partial charge in [-0.2, -0.15) is 28.5 Å². The van der Waals surface area contributed by atoms with E-state index in [-0.39, 0.29) is 29.9 Å². The number of hydrogen-bond acceptors (Lipinski definition) is 5. The molecule has 1 amide bonds. The Labute approximate surface area is 140 Å². The standard InChI is InChI=1S/C16H13F3N4O2/c17-16(18,19)13-8-11(14-9-25-15(24)23-22-14)4-3-10(13)5-6-12-2-1-7-20-21-12/h1-4,7-8H,5-6,9H2,(H,23,24). The van der Waals surface area contributed by atoms with Crippen LogP contribution in [0, 0.1) is 0 Å². The molecule has 0 unspecified atom stereocenters. The molecular formula is C16H13F3N4O2. The van der Waals surface area contributed by atoms with Gasteiger partial charge < -0.3 is 4.74 Å². The summed E-state index contributed by atoms with van der Waals surface area (Å²) in [6, 6.07) is 7.36. The van der Waals surface area contributed by atoms with Crippen LogP contribution in [-0.4, -0.2) is 28.6 Å². The Morgan fingerprint density at radius 2 is 2.04 bits per heavy atom. The van der Waals surface area contributed by atoms with Crippen LogP contribution in [0.3, 0.4) is 0 Å². The van der Waals surface area contributed by atoms with Crippen LogP contribution in [0.2, 0.25) is 0 Å². The lowest BCUT2D eigenvalue weighted by Crippen LogP contribution is -2.31. The number of aryl methyl sites for hydroxylation is 2. The minimum Gasteiger partial charge on any atom is -0.442 e. The average Bonchev–Trinajstić information content (AvgIpc) is 2.61. The highest BCUT2D eigenvalue weighted by Gasteiger charge is 2.34. The van der Waals surface area contributed by atoms with Crippen LogP contribution in [0.4, 0.5) is 18.0 Å². The first kappa shape index (κ1) is 16.9. The van der Waals surface area contributed by atoms with Gasteiger partial charge in [-0.15, -0.1) is 0 Å². The van der Waals surface area contributed by atoms with E-state index in [4.69, 9.17) is 4.74 Å². The number of amides is 1. The summed E-state index contributed by atoms with van der Waals surface area (Å²) in [5, 5.41) is 11.3. The van der Waals surface area contributed by atoms with E-state index in [0.29, 0.717) is 12.1 Å². The molecule has 0 spiro atoms. The number of benzene rings is 1. The third-order valence-corrected chi connectivity index (χ3v) is 3.65. The monoisotopic (exact) mass is 350 g/mol. The number of cyclic esters (lactones) is 1. The Balaban J connectivity index is 1.87. The van der Waals surface area contributed by atoms with Crippen molar-refractivity contribution in [3.05, 3.63) is 58.9 Å². The Kier molecular flexibility index (Phi) is 4.64. The van der Waals surface area contributed by atoms with Crippen molar-refractivity contribution in [3.8, 4) is 0 Å². The Bertz CT molecular complexity index is 807. The van der Waals surface area contributed by atoms with Crippen molar-refractivity contribution < 1.29 is 22.7 Å². The van der Waals surface area contributed by atoms with Gasteiger partial charge in [0, 0.05) is 11.8 Å². The molecule has 0 aliphatic carbocycles. The summed E-state index contributed by atoms with van der Waals surface area (Å²) in [7, 11) is 0. The van der Waals surface area contributed by atoms with Crippen LogP contribution >= 0.6 is 0 Å². The molecule has 0 fully saturated rings. The number of ether oxygens (including phenoxy) is 1. The van der Waals surface area contributed by atoms with Gasteiger partial charge in [0.1, 0.15) is 12.3 Å². The summed E-state index contributed by atoms with van der Waals surface area (Å²) in [6.07, 6.45) is -3.22. The fourth-order valence-electron chi connectivity index (χ4n) is 2.43. The smallest absolute Gasteiger partial charge is 0.428 e. The van der Waals surface area contributed by atoms with Crippen molar-refractivity contribution in [1.29, 1.82) is 0 Å². The quantitative estimate of drug-likeness (QED) is 0.920. The second-order valence-electron chi connectivity index (χ2n) is 5.33. The van der Waals surface area contributed by atoms with E-state index < -0.39 is 17.8 Å². The molecule has 1 aliphatic rings. The number of hydrogen-bond donors (Lipinski definition) is 1. The number of nitrogens with zero attached hydrogens (tertiary/aromatic N) is 3. The number of carbonyl (C=O) groups is 1. The maximum atomic E-state index is 13.4. The molecular weight excluding hydrogens is 337 g/mol. The molecule has 1 aliphatic heterocycles. The summed E-state index contributed by atoms with van der Waals surface area (Å²) >= 11 is 0. The van der Waals surface area contributed by atoms with Crippen LogP contribution in [0.25, 0.3) is 0 Å². The van der Waals surface area contributed by atoms with Crippen LogP contribution in [0.15, 0.2) is 41.6 Å². The van der Waals surface area contributed by atoms with E-state index in [1.54, 1.807) is 12.1 Å². The first-order valence-corrected chi connectivity index (χ1v) is 7.40.